The Morgan fingerprint density at radius 1 is 1.03 bits per heavy atom. The number of amides is 2. The van der Waals surface area contributed by atoms with Crippen molar-refractivity contribution < 1.29 is 28.8 Å². The van der Waals surface area contributed by atoms with Crippen LogP contribution in [0.15, 0.2) is 77.0 Å². The van der Waals surface area contributed by atoms with Gasteiger partial charge in [0.25, 0.3) is 17.5 Å². The van der Waals surface area contributed by atoms with Gasteiger partial charge in [0.1, 0.15) is 5.70 Å². The van der Waals surface area contributed by atoms with Crippen molar-refractivity contribution in [2.75, 3.05) is 5.32 Å². The predicted molar refractivity (Wildman–Crippen MR) is 109 cm³/mol. The molecule has 31 heavy (non-hydrogen) atoms. The Balaban J connectivity index is 1.89. The number of furan rings is 1. The third-order valence-corrected chi connectivity index (χ3v) is 4.02. The van der Waals surface area contributed by atoms with Crippen LogP contribution in [0, 0.1) is 10.1 Å². The van der Waals surface area contributed by atoms with Crippen LogP contribution in [0.1, 0.15) is 26.5 Å². The summed E-state index contributed by atoms with van der Waals surface area (Å²) in [4.78, 5) is 46.5. The minimum atomic E-state index is -1.16. The molecule has 0 fully saturated rings. The molecule has 0 saturated heterocycles. The molecule has 0 spiro atoms. The largest absolute Gasteiger partial charge is 0.478 e. The molecule has 156 valence electrons. The summed E-state index contributed by atoms with van der Waals surface area (Å²) < 4.78 is 5.02. The summed E-state index contributed by atoms with van der Waals surface area (Å²) in [6, 6.07) is 13.8. The van der Waals surface area contributed by atoms with Crippen molar-refractivity contribution in [3.63, 3.8) is 0 Å². The van der Waals surface area contributed by atoms with Gasteiger partial charge in [-0.2, -0.15) is 0 Å². The number of non-ortho nitro benzene ring substituents is 1. The minimum absolute atomic E-state index is 0.0293. The molecular formula is C21H15N3O7. The highest BCUT2D eigenvalue weighted by atomic mass is 16.6. The summed E-state index contributed by atoms with van der Waals surface area (Å²) in [6.45, 7) is 0. The van der Waals surface area contributed by atoms with Gasteiger partial charge in [0.2, 0.25) is 0 Å². The van der Waals surface area contributed by atoms with E-state index in [1.54, 1.807) is 0 Å². The van der Waals surface area contributed by atoms with Crippen molar-refractivity contribution in [1.82, 2.24) is 5.32 Å². The Bertz CT molecular complexity index is 1170. The molecule has 0 unspecified atom stereocenters. The third-order valence-electron chi connectivity index (χ3n) is 4.02. The summed E-state index contributed by atoms with van der Waals surface area (Å²) in [7, 11) is 0. The van der Waals surface area contributed by atoms with Crippen LogP contribution in [0.2, 0.25) is 0 Å². The number of nitrogens with zero attached hydrogens (tertiary/aromatic N) is 1. The zero-order valence-corrected chi connectivity index (χ0v) is 15.8. The molecule has 3 aromatic rings. The number of nitro groups is 1. The van der Waals surface area contributed by atoms with Gasteiger partial charge in [-0.15, -0.1) is 0 Å². The topological polar surface area (TPSA) is 152 Å². The van der Waals surface area contributed by atoms with E-state index in [0.717, 1.165) is 0 Å². The monoisotopic (exact) mass is 421 g/mol. The van der Waals surface area contributed by atoms with E-state index in [1.807, 2.05) is 0 Å². The minimum Gasteiger partial charge on any atom is -0.478 e. The maximum absolute atomic E-state index is 12.8. The van der Waals surface area contributed by atoms with E-state index in [-0.39, 0.29) is 28.4 Å². The lowest BCUT2D eigenvalue weighted by atomic mass is 10.1. The smallest absolute Gasteiger partial charge is 0.335 e. The Kier molecular flexibility index (Phi) is 6.21. The second kappa shape index (κ2) is 9.18. The van der Waals surface area contributed by atoms with Crippen LogP contribution in [0.25, 0.3) is 6.08 Å². The molecule has 0 aliphatic rings. The van der Waals surface area contributed by atoms with Crippen molar-refractivity contribution in [2.45, 2.75) is 0 Å². The standard InChI is InChI=1S/C21H15N3O7/c25-19(22-15-4-1-3-14(12-15)21(27)28)17(23-20(26)18-5-2-10-31-18)11-13-6-8-16(9-7-13)24(29)30/h1-12H,(H,22,25)(H,23,26)(H,27,28)/b17-11+. The van der Waals surface area contributed by atoms with Crippen molar-refractivity contribution in [1.29, 1.82) is 0 Å². The Hall–Kier alpha value is -4.73. The molecule has 0 bridgehead atoms. The van der Waals surface area contributed by atoms with Gasteiger partial charge in [-0.1, -0.05) is 6.07 Å². The zero-order valence-electron chi connectivity index (χ0n) is 15.8. The fraction of sp³-hybridized carbons (Fsp3) is 0. The number of carboxylic acid groups (broad SMARTS) is 1. The third kappa shape index (κ3) is 5.41. The maximum Gasteiger partial charge on any atom is 0.335 e. The Labute approximate surface area is 175 Å². The van der Waals surface area contributed by atoms with E-state index in [0.29, 0.717) is 5.56 Å². The summed E-state index contributed by atoms with van der Waals surface area (Å²) in [5.74, 6) is -2.62. The molecule has 1 aromatic heterocycles. The molecule has 0 radical (unpaired) electrons. The summed E-state index contributed by atoms with van der Waals surface area (Å²) in [5.41, 5.74) is 0.268. The van der Waals surface area contributed by atoms with Gasteiger partial charge in [0.15, 0.2) is 5.76 Å². The normalized spacial score (nSPS) is 10.9. The molecule has 10 nitrogen and oxygen atoms in total. The summed E-state index contributed by atoms with van der Waals surface area (Å²) in [6.07, 6.45) is 2.62. The lowest BCUT2D eigenvalue weighted by Gasteiger charge is -2.11. The molecule has 0 aliphatic heterocycles. The van der Waals surface area contributed by atoms with E-state index < -0.39 is 22.7 Å². The van der Waals surface area contributed by atoms with Crippen LogP contribution in [0.4, 0.5) is 11.4 Å². The SMILES string of the molecule is O=C(Nc1cccc(C(=O)O)c1)/C(=C\c1ccc([N+](=O)[O-])cc1)NC(=O)c1ccco1. The van der Waals surface area contributed by atoms with E-state index in [9.17, 15) is 24.5 Å². The van der Waals surface area contributed by atoms with Crippen molar-refractivity contribution in [2.24, 2.45) is 0 Å². The number of carbonyl (C=O) groups excluding carboxylic acids is 2. The first kappa shape index (κ1) is 21.0. The molecule has 2 aromatic carbocycles. The average Bonchev–Trinajstić information content (AvgIpc) is 3.29. The number of carboxylic acids is 1. The van der Waals surface area contributed by atoms with E-state index >= 15 is 0 Å². The molecule has 3 N–H and O–H groups in total. The zero-order chi connectivity index (χ0) is 22.4. The first-order chi connectivity index (χ1) is 14.8. The number of benzene rings is 2. The summed E-state index contributed by atoms with van der Waals surface area (Å²) in [5, 5.41) is 24.9. The Morgan fingerprint density at radius 2 is 1.77 bits per heavy atom. The molecule has 2 amide bonds. The lowest BCUT2D eigenvalue weighted by Crippen LogP contribution is -2.30. The molecule has 1 heterocycles. The van der Waals surface area contributed by atoms with Crippen molar-refractivity contribution in [3.05, 3.63) is 99.6 Å². The number of rotatable bonds is 7. The number of hydrogen-bond donors (Lipinski definition) is 3. The summed E-state index contributed by atoms with van der Waals surface area (Å²) >= 11 is 0. The highest BCUT2D eigenvalue weighted by molar-refractivity contribution is 6.10. The predicted octanol–water partition coefficient (Wildman–Crippen LogP) is 3.30. The second-order valence-corrected chi connectivity index (χ2v) is 6.18. The molecule has 10 heteroatoms. The van der Waals surface area contributed by atoms with Gasteiger partial charge in [-0.3, -0.25) is 19.7 Å². The first-order valence-electron chi connectivity index (χ1n) is 8.79. The lowest BCUT2D eigenvalue weighted by molar-refractivity contribution is -0.384. The second-order valence-electron chi connectivity index (χ2n) is 6.18. The van der Waals surface area contributed by atoms with Gasteiger partial charge in [0.05, 0.1) is 16.7 Å². The molecular weight excluding hydrogens is 406 g/mol. The van der Waals surface area contributed by atoms with Crippen molar-refractivity contribution in [3.8, 4) is 0 Å². The quantitative estimate of drug-likeness (QED) is 0.301. The van der Waals surface area contributed by atoms with Crippen LogP contribution in [0.3, 0.4) is 0 Å². The van der Waals surface area contributed by atoms with Gasteiger partial charge in [0, 0.05) is 17.8 Å². The molecule has 3 rings (SSSR count). The Morgan fingerprint density at radius 3 is 2.39 bits per heavy atom. The van der Waals surface area contributed by atoms with Gasteiger partial charge < -0.3 is 20.2 Å². The van der Waals surface area contributed by atoms with Crippen LogP contribution in [-0.4, -0.2) is 27.8 Å². The van der Waals surface area contributed by atoms with E-state index in [4.69, 9.17) is 9.52 Å². The highest BCUT2D eigenvalue weighted by Gasteiger charge is 2.17. The fourth-order valence-corrected chi connectivity index (χ4v) is 2.54. The molecule has 0 aliphatic carbocycles. The fourth-order valence-electron chi connectivity index (χ4n) is 2.54. The van der Waals surface area contributed by atoms with E-state index in [2.05, 4.69) is 10.6 Å². The van der Waals surface area contributed by atoms with Crippen LogP contribution >= 0.6 is 0 Å². The highest BCUT2D eigenvalue weighted by Crippen LogP contribution is 2.16. The number of nitro benzene ring substituents is 1. The first-order valence-corrected chi connectivity index (χ1v) is 8.79. The van der Waals surface area contributed by atoms with Crippen LogP contribution < -0.4 is 10.6 Å². The van der Waals surface area contributed by atoms with Gasteiger partial charge >= 0.3 is 5.97 Å². The maximum atomic E-state index is 12.8. The van der Waals surface area contributed by atoms with Crippen LogP contribution in [0.5, 0.6) is 0 Å². The van der Waals surface area contributed by atoms with Crippen LogP contribution in [-0.2, 0) is 4.79 Å². The van der Waals surface area contributed by atoms with Gasteiger partial charge in [-0.05, 0) is 54.1 Å². The van der Waals surface area contributed by atoms with E-state index in [1.165, 1.54) is 73.0 Å². The average molecular weight is 421 g/mol. The number of aromatic carboxylic acids is 1. The number of hydrogen-bond acceptors (Lipinski definition) is 6. The van der Waals surface area contributed by atoms with Gasteiger partial charge in [-0.25, -0.2) is 4.79 Å². The van der Waals surface area contributed by atoms with Crippen molar-refractivity contribution >= 4 is 35.2 Å². The number of nitrogens with one attached hydrogen (secondary N) is 2. The molecule has 0 saturated carbocycles. The molecule has 0 atom stereocenters. The number of anilines is 1. The number of carbonyl (C=O) groups is 3.